The Morgan fingerprint density at radius 1 is 0.318 bits per heavy atom. The SMILES string of the molecule is CC\C=C/C=C\C=C/C=C\C=C\C=C/C=C\CCCCCC(=O)OCC(COC(=O)CCCCCCCCCCCCCCC)OC(=O)CCCCCCCCCCCCCCCCCC. The van der Waals surface area contributed by atoms with E-state index in [1.807, 2.05) is 72.9 Å². The maximum atomic E-state index is 12.8. The first-order valence-corrected chi connectivity index (χ1v) is 27.7. The van der Waals surface area contributed by atoms with Crippen molar-refractivity contribution < 1.29 is 28.6 Å². The number of esters is 3. The van der Waals surface area contributed by atoms with Crippen LogP contribution < -0.4 is 0 Å². The largest absolute Gasteiger partial charge is 0.462 e. The van der Waals surface area contributed by atoms with Gasteiger partial charge in [0.05, 0.1) is 0 Å². The summed E-state index contributed by atoms with van der Waals surface area (Å²) >= 11 is 0. The zero-order valence-corrected chi connectivity index (χ0v) is 43.2. The molecule has 0 aliphatic carbocycles. The summed E-state index contributed by atoms with van der Waals surface area (Å²) in [7, 11) is 0. The fourth-order valence-corrected chi connectivity index (χ4v) is 7.72. The molecule has 378 valence electrons. The van der Waals surface area contributed by atoms with Crippen LogP contribution in [0, 0.1) is 0 Å². The third-order valence-electron chi connectivity index (χ3n) is 11.9. The van der Waals surface area contributed by atoms with Gasteiger partial charge < -0.3 is 14.2 Å². The van der Waals surface area contributed by atoms with Crippen LogP contribution in [0.25, 0.3) is 0 Å². The summed E-state index contributed by atoms with van der Waals surface area (Å²) in [5.74, 6) is -0.927. The maximum Gasteiger partial charge on any atom is 0.306 e. The molecule has 0 rings (SSSR count). The predicted molar refractivity (Wildman–Crippen MR) is 284 cm³/mol. The Labute approximate surface area is 407 Å². The molecule has 66 heavy (non-hydrogen) atoms. The summed E-state index contributed by atoms with van der Waals surface area (Å²) in [6, 6.07) is 0. The highest BCUT2D eigenvalue weighted by Gasteiger charge is 2.19. The highest BCUT2D eigenvalue weighted by atomic mass is 16.6. The van der Waals surface area contributed by atoms with Crippen LogP contribution in [-0.2, 0) is 28.6 Å². The van der Waals surface area contributed by atoms with Gasteiger partial charge in [-0.3, -0.25) is 14.4 Å². The number of allylic oxidation sites excluding steroid dienone is 14. The van der Waals surface area contributed by atoms with Gasteiger partial charge >= 0.3 is 17.9 Å². The molecule has 0 fully saturated rings. The summed E-state index contributed by atoms with van der Waals surface area (Å²) in [6.07, 6.45) is 69.9. The number of hydrogen-bond donors (Lipinski definition) is 0. The lowest BCUT2D eigenvalue weighted by molar-refractivity contribution is -0.167. The van der Waals surface area contributed by atoms with Gasteiger partial charge in [-0.05, 0) is 38.5 Å². The van der Waals surface area contributed by atoms with E-state index >= 15 is 0 Å². The Morgan fingerprint density at radius 2 is 0.591 bits per heavy atom. The van der Waals surface area contributed by atoms with Crippen molar-refractivity contribution in [3.63, 3.8) is 0 Å². The van der Waals surface area contributed by atoms with Gasteiger partial charge in [-0.2, -0.15) is 0 Å². The number of rotatable bonds is 49. The molecular formula is C60H102O6. The first-order chi connectivity index (χ1) is 32.5. The fourth-order valence-electron chi connectivity index (χ4n) is 7.72. The first kappa shape index (κ1) is 62.6. The summed E-state index contributed by atoms with van der Waals surface area (Å²) in [5, 5.41) is 0. The van der Waals surface area contributed by atoms with E-state index in [4.69, 9.17) is 14.2 Å². The molecule has 0 aromatic rings. The van der Waals surface area contributed by atoms with E-state index in [0.29, 0.717) is 19.3 Å². The summed E-state index contributed by atoms with van der Waals surface area (Å²) < 4.78 is 16.8. The van der Waals surface area contributed by atoms with E-state index < -0.39 is 6.10 Å². The minimum atomic E-state index is -0.792. The molecule has 0 radical (unpaired) electrons. The van der Waals surface area contributed by atoms with Gasteiger partial charge in [0.1, 0.15) is 13.2 Å². The number of hydrogen-bond acceptors (Lipinski definition) is 6. The van der Waals surface area contributed by atoms with E-state index in [1.165, 1.54) is 148 Å². The average molecular weight is 919 g/mol. The molecule has 0 aromatic carbocycles. The van der Waals surface area contributed by atoms with Crippen molar-refractivity contribution in [2.75, 3.05) is 13.2 Å². The Hall–Kier alpha value is -3.41. The second-order valence-corrected chi connectivity index (χ2v) is 18.3. The van der Waals surface area contributed by atoms with Crippen molar-refractivity contribution in [2.45, 2.75) is 264 Å². The number of ether oxygens (including phenoxy) is 3. The van der Waals surface area contributed by atoms with Gasteiger partial charge in [-0.25, -0.2) is 0 Å². The van der Waals surface area contributed by atoms with Crippen LogP contribution in [0.3, 0.4) is 0 Å². The van der Waals surface area contributed by atoms with Gasteiger partial charge in [-0.15, -0.1) is 0 Å². The second kappa shape index (κ2) is 54.2. The summed E-state index contributed by atoms with van der Waals surface area (Å²) in [6.45, 7) is 6.47. The topological polar surface area (TPSA) is 78.9 Å². The normalized spacial score (nSPS) is 12.7. The molecule has 0 saturated carbocycles. The zero-order chi connectivity index (χ0) is 47.9. The highest BCUT2D eigenvalue weighted by molar-refractivity contribution is 5.71. The lowest BCUT2D eigenvalue weighted by Gasteiger charge is -2.18. The van der Waals surface area contributed by atoms with Gasteiger partial charge in [-0.1, -0.05) is 286 Å². The molecule has 0 saturated heterocycles. The third kappa shape index (κ3) is 51.6. The third-order valence-corrected chi connectivity index (χ3v) is 11.9. The van der Waals surface area contributed by atoms with Crippen LogP contribution in [0.2, 0.25) is 0 Å². The van der Waals surface area contributed by atoms with Gasteiger partial charge in [0.25, 0.3) is 0 Å². The molecule has 1 atom stereocenters. The standard InChI is InChI=1S/C60H102O6/c1-4-7-10-13-16-19-22-25-27-29-30-31-33-35-38-41-44-47-50-53-59(62)65-56-57(55-64-58(61)52-49-46-43-40-37-34-24-21-18-15-12-9-6-3)66-60(63)54-51-48-45-42-39-36-32-28-26-23-20-17-14-11-8-5-2/h7,10,13,16,19,22,25,27,29-31,33,35,38,57H,4-6,8-9,11-12,14-15,17-18,20-21,23-24,26,28,32,34,36-37,39-56H2,1-3H3/b10-7-,16-13-,22-19-,27-25-,30-29+,33-31-,38-35-. The Balaban J connectivity index is 4.46. The van der Waals surface area contributed by atoms with Crippen LogP contribution in [0.5, 0.6) is 0 Å². The van der Waals surface area contributed by atoms with Gasteiger partial charge in [0, 0.05) is 19.3 Å². The van der Waals surface area contributed by atoms with Crippen LogP contribution in [-0.4, -0.2) is 37.2 Å². The number of carbonyl (C=O) groups excluding carboxylic acids is 3. The van der Waals surface area contributed by atoms with Gasteiger partial charge in [0.2, 0.25) is 0 Å². The Morgan fingerprint density at radius 3 is 0.924 bits per heavy atom. The summed E-state index contributed by atoms with van der Waals surface area (Å²) in [4.78, 5) is 38.1. The van der Waals surface area contributed by atoms with Crippen molar-refractivity contribution in [3.8, 4) is 0 Å². The lowest BCUT2D eigenvalue weighted by Crippen LogP contribution is -2.30. The van der Waals surface area contributed by atoms with E-state index in [0.717, 1.165) is 70.6 Å². The van der Waals surface area contributed by atoms with Crippen molar-refractivity contribution in [1.82, 2.24) is 0 Å². The maximum absolute atomic E-state index is 12.8. The van der Waals surface area contributed by atoms with Gasteiger partial charge in [0.15, 0.2) is 6.10 Å². The molecule has 0 amide bonds. The molecule has 6 heteroatoms. The first-order valence-electron chi connectivity index (χ1n) is 27.7. The van der Waals surface area contributed by atoms with Crippen molar-refractivity contribution in [2.24, 2.45) is 0 Å². The molecular weight excluding hydrogens is 817 g/mol. The highest BCUT2D eigenvalue weighted by Crippen LogP contribution is 2.16. The molecule has 0 bridgehead atoms. The number of unbranched alkanes of at least 4 members (excludes halogenated alkanes) is 30. The Bertz CT molecular complexity index is 1290. The number of carbonyl (C=O) groups is 3. The molecule has 1 unspecified atom stereocenters. The average Bonchev–Trinajstić information content (AvgIpc) is 3.31. The van der Waals surface area contributed by atoms with E-state index in [9.17, 15) is 14.4 Å². The fraction of sp³-hybridized carbons (Fsp3) is 0.717. The molecule has 6 nitrogen and oxygen atoms in total. The minimum Gasteiger partial charge on any atom is -0.462 e. The van der Waals surface area contributed by atoms with Crippen molar-refractivity contribution in [3.05, 3.63) is 85.1 Å². The van der Waals surface area contributed by atoms with E-state index in [-0.39, 0.29) is 31.1 Å². The molecule has 0 heterocycles. The summed E-state index contributed by atoms with van der Waals surface area (Å²) in [5.41, 5.74) is 0. The van der Waals surface area contributed by atoms with Crippen molar-refractivity contribution in [1.29, 1.82) is 0 Å². The quantitative estimate of drug-likeness (QED) is 0.0262. The van der Waals surface area contributed by atoms with Crippen LogP contribution >= 0.6 is 0 Å². The van der Waals surface area contributed by atoms with Crippen LogP contribution in [0.1, 0.15) is 258 Å². The smallest absolute Gasteiger partial charge is 0.306 e. The lowest BCUT2D eigenvalue weighted by atomic mass is 10.0. The minimum absolute atomic E-state index is 0.0882. The van der Waals surface area contributed by atoms with E-state index in [1.54, 1.807) is 0 Å². The predicted octanol–water partition coefficient (Wildman–Crippen LogP) is 18.4. The molecule has 0 aliphatic rings. The van der Waals surface area contributed by atoms with Crippen LogP contribution in [0.4, 0.5) is 0 Å². The van der Waals surface area contributed by atoms with Crippen molar-refractivity contribution >= 4 is 17.9 Å². The van der Waals surface area contributed by atoms with Crippen LogP contribution in [0.15, 0.2) is 85.1 Å². The second-order valence-electron chi connectivity index (χ2n) is 18.3. The molecule has 0 spiro atoms. The molecule has 0 aliphatic heterocycles. The monoisotopic (exact) mass is 919 g/mol. The zero-order valence-electron chi connectivity index (χ0n) is 43.2. The molecule has 0 N–H and O–H groups in total. The molecule has 0 aromatic heterocycles. The van der Waals surface area contributed by atoms with E-state index in [2.05, 4.69) is 32.9 Å². The Kier molecular flexibility index (Phi) is 51.4.